The summed E-state index contributed by atoms with van der Waals surface area (Å²) in [6.45, 7) is 0. The van der Waals surface area contributed by atoms with Gasteiger partial charge < -0.3 is 4.98 Å². The highest BCUT2D eigenvalue weighted by Gasteiger charge is 2.26. The lowest BCUT2D eigenvalue weighted by Gasteiger charge is -2.21. The molecular formula is C18H18FN3O2S. The molecule has 1 fully saturated rings. The molecule has 1 aliphatic carbocycles. The molecule has 2 heterocycles. The number of rotatable bonds is 3. The molecule has 7 heteroatoms. The van der Waals surface area contributed by atoms with Gasteiger partial charge in [0.15, 0.2) is 0 Å². The molecule has 1 N–H and O–H groups in total. The van der Waals surface area contributed by atoms with Crippen LogP contribution in [0.1, 0.15) is 43.7 Å². The minimum absolute atomic E-state index is 0.0487. The van der Waals surface area contributed by atoms with Gasteiger partial charge in [-0.3, -0.25) is 0 Å². The summed E-state index contributed by atoms with van der Waals surface area (Å²) in [5.74, 6) is -0.140. The molecule has 1 aromatic carbocycles. The Kier molecular flexibility index (Phi) is 4.03. The van der Waals surface area contributed by atoms with E-state index in [0.29, 0.717) is 17.0 Å². The molecule has 0 amide bonds. The fourth-order valence-corrected chi connectivity index (χ4v) is 4.94. The maximum atomic E-state index is 13.1. The van der Waals surface area contributed by atoms with Gasteiger partial charge in [0.25, 0.3) is 0 Å². The van der Waals surface area contributed by atoms with Crippen LogP contribution >= 0.6 is 0 Å². The first-order valence-corrected chi connectivity index (χ1v) is 9.88. The van der Waals surface area contributed by atoms with Crippen LogP contribution in [0.25, 0.3) is 11.0 Å². The Morgan fingerprint density at radius 1 is 1.04 bits per heavy atom. The maximum Gasteiger partial charge on any atom is 0.210 e. The third kappa shape index (κ3) is 2.82. The van der Waals surface area contributed by atoms with Crippen molar-refractivity contribution in [2.75, 3.05) is 0 Å². The summed E-state index contributed by atoms with van der Waals surface area (Å²) >= 11 is 0. The molecule has 0 radical (unpaired) electrons. The largest absolute Gasteiger partial charge is 0.357 e. The number of hydrogen-bond acceptors (Lipinski definition) is 4. The van der Waals surface area contributed by atoms with E-state index >= 15 is 0 Å². The van der Waals surface area contributed by atoms with Gasteiger partial charge in [0.05, 0.1) is 16.1 Å². The molecule has 130 valence electrons. The summed E-state index contributed by atoms with van der Waals surface area (Å²) in [4.78, 5) is 11.9. The number of nitrogens with zero attached hydrogens (tertiary/aromatic N) is 2. The van der Waals surface area contributed by atoms with E-state index in [1.54, 1.807) is 0 Å². The Bertz CT molecular complexity index is 1010. The van der Waals surface area contributed by atoms with Crippen LogP contribution in [0.4, 0.5) is 4.39 Å². The molecule has 0 saturated heterocycles. The highest BCUT2D eigenvalue weighted by molar-refractivity contribution is 7.91. The summed E-state index contributed by atoms with van der Waals surface area (Å²) in [5.41, 5.74) is 1.99. The molecule has 25 heavy (non-hydrogen) atoms. The quantitative estimate of drug-likeness (QED) is 0.718. The zero-order valence-electron chi connectivity index (χ0n) is 13.6. The first-order valence-electron chi connectivity index (χ1n) is 8.40. The highest BCUT2D eigenvalue weighted by Crippen LogP contribution is 2.36. The molecule has 1 aliphatic rings. The van der Waals surface area contributed by atoms with Crippen molar-refractivity contribution in [3.8, 4) is 0 Å². The second kappa shape index (κ2) is 6.22. The highest BCUT2D eigenvalue weighted by atomic mass is 32.2. The van der Waals surface area contributed by atoms with Gasteiger partial charge >= 0.3 is 0 Å². The molecule has 0 bridgehead atoms. The lowest BCUT2D eigenvalue weighted by atomic mass is 9.86. The third-order valence-corrected chi connectivity index (χ3v) is 6.65. The number of hydrogen-bond donors (Lipinski definition) is 1. The average molecular weight is 359 g/mol. The lowest BCUT2D eigenvalue weighted by Crippen LogP contribution is -2.08. The Morgan fingerprint density at radius 3 is 2.48 bits per heavy atom. The maximum absolute atomic E-state index is 13.1. The number of H-pyrrole nitrogens is 1. The summed E-state index contributed by atoms with van der Waals surface area (Å²) < 4.78 is 38.9. The Labute approximate surface area is 145 Å². The number of aromatic nitrogens is 3. The molecule has 0 aliphatic heterocycles. The minimum atomic E-state index is -3.77. The van der Waals surface area contributed by atoms with Crippen molar-refractivity contribution in [2.45, 2.75) is 47.8 Å². The van der Waals surface area contributed by atoms with E-state index in [1.165, 1.54) is 31.1 Å². The van der Waals surface area contributed by atoms with Crippen molar-refractivity contribution in [1.82, 2.24) is 15.0 Å². The van der Waals surface area contributed by atoms with Crippen LogP contribution in [0, 0.1) is 5.82 Å². The minimum Gasteiger partial charge on any atom is -0.357 e. The van der Waals surface area contributed by atoms with Gasteiger partial charge in [-0.05, 0) is 37.1 Å². The third-order valence-electron chi connectivity index (χ3n) is 4.86. The molecule has 3 aromatic rings. The van der Waals surface area contributed by atoms with Crippen molar-refractivity contribution < 1.29 is 12.8 Å². The fraction of sp³-hybridized carbons (Fsp3) is 0.333. The SMILES string of the molecule is O=S(=O)(c1ccc(F)cc1)c1c[nH]c2c(C3CCCCC3)ncnc12. The van der Waals surface area contributed by atoms with Crippen molar-refractivity contribution >= 4 is 20.9 Å². The molecule has 2 aromatic heterocycles. The summed E-state index contributed by atoms with van der Waals surface area (Å²) in [6, 6.07) is 4.83. The van der Waals surface area contributed by atoms with E-state index in [-0.39, 0.29) is 9.79 Å². The van der Waals surface area contributed by atoms with E-state index in [1.807, 2.05) is 0 Å². The van der Waals surface area contributed by atoms with Gasteiger partial charge in [-0.1, -0.05) is 19.3 Å². The van der Waals surface area contributed by atoms with Crippen LogP contribution in [0.5, 0.6) is 0 Å². The predicted molar refractivity (Wildman–Crippen MR) is 91.6 cm³/mol. The van der Waals surface area contributed by atoms with Gasteiger partial charge in [0.1, 0.15) is 22.6 Å². The number of halogens is 1. The molecule has 0 unspecified atom stereocenters. The van der Waals surface area contributed by atoms with Crippen molar-refractivity contribution in [3.05, 3.63) is 48.3 Å². The predicted octanol–water partition coefficient (Wildman–Crippen LogP) is 3.98. The van der Waals surface area contributed by atoms with Crippen LogP contribution in [0.15, 0.2) is 46.6 Å². The first-order chi connectivity index (χ1) is 12.1. The van der Waals surface area contributed by atoms with Crippen LogP contribution < -0.4 is 0 Å². The lowest BCUT2D eigenvalue weighted by molar-refractivity contribution is 0.438. The number of sulfone groups is 1. The van der Waals surface area contributed by atoms with E-state index < -0.39 is 15.7 Å². The number of nitrogens with one attached hydrogen (secondary N) is 1. The Morgan fingerprint density at radius 2 is 1.76 bits per heavy atom. The number of aromatic amines is 1. The second-order valence-electron chi connectivity index (χ2n) is 6.43. The van der Waals surface area contributed by atoms with Gasteiger partial charge in [-0.25, -0.2) is 22.8 Å². The fourth-order valence-electron chi connectivity index (χ4n) is 3.57. The molecule has 5 nitrogen and oxygen atoms in total. The Hall–Kier alpha value is -2.28. The van der Waals surface area contributed by atoms with Crippen molar-refractivity contribution in [3.63, 3.8) is 0 Å². The summed E-state index contributed by atoms with van der Waals surface area (Å²) in [6.07, 6.45) is 8.58. The zero-order valence-corrected chi connectivity index (χ0v) is 14.4. The first kappa shape index (κ1) is 16.2. The van der Waals surface area contributed by atoms with Crippen LogP contribution in [-0.4, -0.2) is 23.4 Å². The standard InChI is InChI=1S/C18H18FN3O2S/c19-13-6-8-14(9-7-13)25(23,24)15-10-20-18-16(21-11-22-17(15)18)12-4-2-1-3-5-12/h6-12,20H,1-5H2. The normalized spacial score (nSPS) is 16.4. The number of benzene rings is 1. The van der Waals surface area contributed by atoms with E-state index in [2.05, 4.69) is 15.0 Å². The topological polar surface area (TPSA) is 75.7 Å². The average Bonchev–Trinajstić information content (AvgIpc) is 3.08. The van der Waals surface area contributed by atoms with Crippen LogP contribution in [-0.2, 0) is 9.84 Å². The molecular weight excluding hydrogens is 341 g/mol. The molecule has 0 spiro atoms. The van der Waals surface area contributed by atoms with Gasteiger partial charge in [0.2, 0.25) is 9.84 Å². The number of fused-ring (bicyclic) bond motifs is 1. The van der Waals surface area contributed by atoms with Crippen LogP contribution in [0.3, 0.4) is 0 Å². The zero-order chi connectivity index (χ0) is 17.4. The smallest absolute Gasteiger partial charge is 0.210 e. The van der Waals surface area contributed by atoms with E-state index in [0.717, 1.165) is 43.5 Å². The van der Waals surface area contributed by atoms with Crippen molar-refractivity contribution in [2.24, 2.45) is 0 Å². The van der Waals surface area contributed by atoms with E-state index in [9.17, 15) is 12.8 Å². The summed E-state index contributed by atoms with van der Waals surface area (Å²) in [7, 11) is -3.77. The van der Waals surface area contributed by atoms with Gasteiger partial charge in [-0.2, -0.15) is 0 Å². The molecule has 4 rings (SSSR count). The van der Waals surface area contributed by atoms with Gasteiger partial charge in [-0.15, -0.1) is 0 Å². The van der Waals surface area contributed by atoms with E-state index in [4.69, 9.17) is 0 Å². The Balaban J connectivity index is 1.82. The second-order valence-corrected chi connectivity index (χ2v) is 8.35. The monoisotopic (exact) mass is 359 g/mol. The molecule has 0 atom stereocenters. The molecule has 1 saturated carbocycles. The van der Waals surface area contributed by atoms with Gasteiger partial charge in [0, 0.05) is 12.1 Å². The summed E-state index contributed by atoms with van der Waals surface area (Å²) in [5, 5.41) is 0. The van der Waals surface area contributed by atoms with Crippen molar-refractivity contribution in [1.29, 1.82) is 0 Å². The van der Waals surface area contributed by atoms with Crippen LogP contribution in [0.2, 0.25) is 0 Å².